The topological polar surface area (TPSA) is 82.5 Å². The number of hydrogen-bond acceptors (Lipinski definition) is 5. The van der Waals surface area contributed by atoms with Gasteiger partial charge in [0.2, 0.25) is 11.8 Å². The number of carbonyl (C=O) groups is 2. The summed E-state index contributed by atoms with van der Waals surface area (Å²) < 4.78 is 0. The van der Waals surface area contributed by atoms with E-state index >= 15 is 0 Å². The number of amides is 2. The van der Waals surface area contributed by atoms with Gasteiger partial charge < -0.3 is 15.3 Å². The van der Waals surface area contributed by atoms with E-state index in [1.165, 1.54) is 19.3 Å². The number of nitrogens with zero attached hydrogens (tertiary/aromatic N) is 2. The highest BCUT2D eigenvalue weighted by Gasteiger charge is 2.42. The van der Waals surface area contributed by atoms with Gasteiger partial charge in [0.25, 0.3) is 0 Å². The molecule has 1 aliphatic heterocycles. The summed E-state index contributed by atoms with van der Waals surface area (Å²) in [6, 6.07) is 7.35. The molecule has 0 bridgehead atoms. The minimum atomic E-state index is -0.652. The molecule has 1 saturated carbocycles. The van der Waals surface area contributed by atoms with Crippen LogP contribution in [0.15, 0.2) is 29.8 Å². The molecule has 0 spiro atoms. The number of aliphatic hydroxyl groups is 1. The molecule has 1 aromatic heterocycles. The average Bonchev–Trinajstić information content (AvgIpc) is 3.44. The Bertz CT molecular complexity index is 967. The van der Waals surface area contributed by atoms with Crippen molar-refractivity contribution >= 4 is 23.2 Å². The molecule has 4 rings (SSSR count). The van der Waals surface area contributed by atoms with Gasteiger partial charge in [0.1, 0.15) is 6.04 Å². The zero-order chi connectivity index (χ0) is 23.5. The molecule has 1 aromatic carbocycles. The van der Waals surface area contributed by atoms with Crippen LogP contribution in [0, 0.1) is 18.8 Å². The maximum Gasteiger partial charge on any atom is 0.243 e. The Hall–Kier alpha value is -2.25. The van der Waals surface area contributed by atoms with E-state index in [4.69, 9.17) is 0 Å². The third-order valence-corrected chi connectivity index (χ3v) is 8.37. The first-order chi connectivity index (χ1) is 15.8. The first-order valence-corrected chi connectivity index (χ1v) is 13.0. The molecule has 6 nitrogen and oxygen atoms in total. The number of likely N-dealkylation sites (tertiary alicyclic amines) is 1. The molecule has 2 N–H and O–H groups in total. The van der Waals surface area contributed by atoms with Gasteiger partial charge in [0.15, 0.2) is 0 Å². The predicted octanol–water partition coefficient (Wildman–Crippen LogP) is 4.47. The molecular weight excluding hydrogens is 434 g/mol. The van der Waals surface area contributed by atoms with Gasteiger partial charge in [0, 0.05) is 18.9 Å². The first kappa shape index (κ1) is 23.9. The van der Waals surface area contributed by atoms with Crippen LogP contribution in [0.1, 0.15) is 69.7 Å². The van der Waals surface area contributed by atoms with Gasteiger partial charge in [-0.3, -0.25) is 9.59 Å². The second-order valence-corrected chi connectivity index (χ2v) is 10.6. The number of rotatable bonds is 6. The lowest BCUT2D eigenvalue weighted by Crippen LogP contribution is -2.49. The third-order valence-electron chi connectivity index (χ3n) is 7.39. The summed E-state index contributed by atoms with van der Waals surface area (Å²) in [7, 11) is 0. The van der Waals surface area contributed by atoms with E-state index in [9.17, 15) is 14.7 Å². The standard InChI is InChI=1S/C26H35N3O3S/c1-16(19-7-5-4-6-8-19)26(32)29-14-22(30)13-23(29)25(31)28-17(2)20-9-11-21(12-10-20)24-18(3)27-15-33-24/h9-12,15-17,19,22-23,30H,4-8,13-14H2,1-3H3,(H,28,31)/t16-,17+,22-,23+/m1/s1. The summed E-state index contributed by atoms with van der Waals surface area (Å²) in [4.78, 5) is 33.5. The molecule has 4 atom stereocenters. The quantitative estimate of drug-likeness (QED) is 0.654. The van der Waals surface area contributed by atoms with Crippen molar-refractivity contribution in [2.45, 2.75) is 77.5 Å². The number of aromatic nitrogens is 1. The van der Waals surface area contributed by atoms with Crippen molar-refractivity contribution in [2.24, 2.45) is 11.8 Å². The molecular formula is C26H35N3O3S. The van der Waals surface area contributed by atoms with Crippen LogP contribution in [0.3, 0.4) is 0 Å². The van der Waals surface area contributed by atoms with Gasteiger partial charge in [-0.25, -0.2) is 4.98 Å². The van der Waals surface area contributed by atoms with Crippen molar-refractivity contribution < 1.29 is 14.7 Å². The smallest absolute Gasteiger partial charge is 0.243 e. The zero-order valence-corrected chi connectivity index (χ0v) is 20.6. The Morgan fingerprint density at radius 3 is 2.48 bits per heavy atom. The van der Waals surface area contributed by atoms with Crippen LogP contribution < -0.4 is 5.32 Å². The molecule has 2 aliphatic rings. The molecule has 33 heavy (non-hydrogen) atoms. The van der Waals surface area contributed by atoms with Crippen LogP contribution >= 0.6 is 11.3 Å². The summed E-state index contributed by atoms with van der Waals surface area (Å²) in [6.07, 6.45) is 5.39. The minimum Gasteiger partial charge on any atom is -0.391 e. The first-order valence-electron chi connectivity index (χ1n) is 12.1. The maximum absolute atomic E-state index is 13.3. The molecule has 0 radical (unpaired) electrons. The molecule has 1 aliphatic carbocycles. The number of thiazole rings is 1. The van der Waals surface area contributed by atoms with E-state index in [-0.39, 0.29) is 30.3 Å². The molecule has 2 heterocycles. The lowest BCUT2D eigenvalue weighted by atomic mass is 9.80. The Morgan fingerprint density at radius 2 is 1.85 bits per heavy atom. The lowest BCUT2D eigenvalue weighted by Gasteiger charge is -2.32. The highest BCUT2D eigenvalue weighted by molar-refractivity contribution is 7.13. The van der Waals surface area contributed by atoms with E-state index in [2.05, 4.69) is 22.4 Å². The highest BCUT2D eigenvalue weighted by atomic mass is 32.1. The molecule has 0 unspecified atom stereocenters. The Kier molecular flexibility index (Phi) is 7.49. The van der Waals surface area contributed by atoms with Crippen molar-refractivity contribution in [1.82, 2.24) is 15.2 Å². The molecule has 178 valence electrons. The average molecular weight is 470 g/mol. The summed E-state index contributed by atoms with van der Waals surface area (Å²) in [6.45, 7) is 6.19. The summed E-state index contributed by atoms with van der Waals surface area (Å²) >= 11 is 1.62. The van der Waals surface area contributed by atoms with Gasteiger partial charge in [-0.15, -0.1) is 11.3 Å². The number of nitrogens with one attached hydrogen (secondary N) is 1. The van der Waals surface area contributed by atoms with E-state index in [0.29, 0.717) is 12.3 Å². The van der Waals surface area contributed by atoms with Crippen LogP contribution in [0.5, 0.6) is 0 Å². The number of hydrogen-bond donors (Lipinski definition) is 2. The third kappa shape index (κ3) is 5.30. The van der Waals surface area contributed by atoms with Gasteiger partial charge in [-0.05, 0) is 43.7 Å². The fourth-order valence-corrected chi connectivity index (χ4v) is 6.11. The number of carbonyl (C=O) groups excluding carboxylic acids is 2. The van der Waals surface area contributed by atoms with E-state index < -0.39 is 12.1 Å². The summed E-state index contributed by atoms with van der Waals surface area (Å²) in [5.74, 6) is 0.0968. The Morgan fingerprint density at radius 1 is 1.15 bits per heavy atom. The van der Waals surface area contributed by atoms with Crippen LogP contribution in [0.4, 0.5) is 0 Å². The maximum atomic E-state index is 13.3. The lowest BCUT2D eigenvalue weighted by molar-refractivity contribution is -0.143. The van der Waals surface area contributed by atoms with Crippen LogP contribution in [-0.4, -0.2) is 45.5 Å². The predicted molar refractivity (Wildman–Crippen MR) is 131 cm³/mol. The number of β-amino-alcohol motifs (C(OH)–C–C–N with tert-alkyl or cyclic N) is 1. The highest BCUT2D eigenvalue weighted by Crippen LogP contribution is 2.33. The SMILES string of the molecule is Cc1ncsc1-c1ccc([C@H](C)NC(=O)[C@@H]2C[C@@H](O)CN2C(=O)[C@H](C)C2CCCCC2)cc1. The monoisotopic (exact) mass is 469 g/mol. The van der Waals surface area contributed by atoms with E-state index in [1.807, 2.05) is 38.4 Å². The molecule has 1 saturated heterocycles. The second-order valence-electron chi connectivity index (χ2n) is 9.70. The number of aliphatic hydroxyl groups excluding tert-OH is 1. The zero-order valence-electron chi connectivity index (χ0n) is 19.8. The van der Waals surface area contributed by atoms with Gasteiger partial charge in [-0.1, -0.05) is 50.5 Å². The van der Waals surface area contributed by atoms with Crippen LogP contribution in [0.2, 0.25) is 0 Å². The molecule has 2 amide bonds. The molecule has 7 heteroatoms. The van der Waals surface area contributed by atoms with Crippen LogP contribution in [-0.2, 0) is 9.59 Å². The van der Waals surface area contributed by atoms with Gasteiger partial charge in [0.05, 0.1) is 28.2 Å². The van der Waals surface area contributed by atoms with Gasteiger partial charge >= 0.3 is 0 Å². The van der Waals surface area contributed by atoms with E-state index in [0.717, 1.165) is 34.5 Å². The molecule has 2 fully saturated rings. The van der Waals surface area contributed by atoms with Crippen molar-refractivity contribution in [3.63, 3.8) is 0 Å². The normalized spacial score (nSPS) is 23.3. The Labute approximate surface area is 200 Å². The second kappa shape index (κ2) is 10.3. The molecule has 2 aromatic rings. The van der Waals surface area contributed by atoms with Gasteiger partial charge in [-0.2, -0.15) is 0 Å². The number of benzene rings is 1. The fourth-order valence-electron chi connectivity index (χ4n) is 5.30. The van der Waals surface area contributed by atoms with E-state index in [1.54, 1.807) is 16.2 Å². The van der Waals surface area contributed by atoms with Crippen LogP contribution in [0.25, 0.3) is 10.4 Å². The minimum absolute atomic E-state index is 0.00975. The van der Waals surface area contributed by atoms with Crippen molar-refractivity contribution in [1.29, 1.82) is 0 Å². The summed E-state index contributed by atoms with van der Waals surface area (Å²) in [5, 5.41) is 13.4. The largest absolute Gasteiger partial charge is 0.391 e. The van der Waals surface area contributed by atoms with Crippen molar-refractivity contribution in [3.8, 4) is 10.4 Å². The Balaban J connectivity index is 1.40. The van der Waals surface area contributed by atoms with Crippen molar-refractivity contribution in [3.05, 3.63) is 41.0 Å². The summed E-state index contributed by atoms with van der Waals surface area (Å²) in [5.41, 5.74) is 4.98. The fraction of sp³-hybridized carbons (Fsp3) is 0.577. The van der Waals surface area contributed by atoms with Crippen molar-refractivity contribution in [2.75, 3.05) is 6.54 Å². The number of aryl methyl sites for hydroxylation is 1.